The Bertz CT molecular complexity index is 398. The average Bonchev–Trinajstić information content (AvgIpc) is 2.93. The fourth-order valence-electron chi connectivity index (χ4n) is 3.50. The van der Waals surface area contributed by atoms with Gasteiger partial charge in [0, 0.05) is 6.04 Å². The molecule has 18 heavy (non-hydrogen) atoms. The molecule has 0 amide bonds. The van der Waals surface area contributed by atoms with Crippen LogP contribution in [0.5, 0.6) is 0 Å². The maximum Gasteiger partial charge on any atom is 0.0842 e. The summed E-state index contributed by atoms with van der Waals surface area (Å²) in [5.41, 5.74) is 9.21. The second-order valence-electron chi connectivity index (χ2n) is 5.75. The van der Waals surface area contributed by atoms with E-state index in [4.69, 9.17) is 10.5 Å². The first-order valence-electron chi connectivity index (χ1n) is 7.29. The topological polar surface area (TPSA) is 35.2 Å². The van der Waals surface area contributed by atoms with Crippen LogP contribution in [0.25, 0.3) is 0 Å². The lowest BCUT2D eigenvalue weighted by Crippen LogP contribution is -2.32. The molecule has 0 aromatic heterocycles. The van der Waals surface area contributed by atoms with Crippen molar-refractivity contribution in [3.63, 3.8) is 0 Å². The summed E-state index contributed by atoms with van der Waals surface area (Å²) in [6, 6.07) is 8.98. The van der Waals surface area contributed by atoms with E-state index in [-0.39, 0.29) is 6.10 Å². The predicted octanol–water partition coefficient (Wildman–Crippen LogP) is 3.21. The first-order valence-corrected chi connectivity index (χ1v) is 7.29. The number of ether oxygens (including phenoxy) is 1. The first-order chi connectivity index (χ1) is 8.84. The highest BCUT2D eigenvalue weighted by atomic mass is 16.5. The summed E-state index contributed by atoms with van der Waals surface area (Å²) in [5.74, 6) is 0.725. The van der Waals surface area contributed by atoms with Crippen LogP contribution in [0.3, 0.4) is 0 Å². The highest BCUT2D eigenvalue weighted by Gasteiger charge is 2.28. The van der Waals surface area contributed by atoms with Gasteiger partial charge in [-0.1, -0.05) is 37.1 Å². The van der Waals surface area contributed by atoms with Crippen molar-refractivity contribution in [2.75, 3.05) is 6.61 Å². The van der Waals surface area contributed by atoms with Crippen LogP contribution < -0.4 is 5.73 Å². The third kappa shape index (κ3) is 2.45. The van der Waals surface area contributed by atoms with Crippen molar-refractivity contribution >= 4 is 0 Å². The molecule has 2 nitrogen and oxygen atoms in total. The van der Waals surface area contributed by atoms with Gasteiger partial charge in [0.15, 0.2) is 0 Å². The second kappa shape index (κ2) is 5.41. The molecule has 2 aliphatic rings. The highest BCUT2D eigenvalue weighted by molar-refractivity contribution is 5.31. The Hall–Kier alpha value is -0.860. The van der Waals surface area contributed by atoms with Crippen molar-refractivity contribution in [1.29, 1.82) is 0 Å². The van der Waals surface area contributed by atoms with Gasteiger partial charge in [-0.05, 0) is 42.7 Å². The number of fused-ring (bicyclic) bond motifs is 1. The average molecular weight is 245 g/mol. The van der Waals surface area contributed by atoms with E-state index in [9.17, 15) is 0 Å². The summed E-state index contributed by atoms with van der Waals surface area (Å²) in [7, 11) is 0. The molecular weight excluding hydrogens is 222 g/mol. The molecule has 2 heteroatoms. The van der Waals surface area contributed by atoms with Gasteiger partial charge in [-0.3, -0.25) is 0 Å². The van der Waals surface area contributed by atoms with E-state index < -0.39 is 0 Å². The van der Waals surface area contributed by atoms with E-state index in [0.717, 1.165) is 25.4 Å². The lowest BCUT2D eigenvalue weighted by atomic mass is 9.88. The zero-order valence-electron chi connectivity index (χ0n) is 11.0. The van der Waals surface area contributed by atoms with Gasteiger partial charge >= 0.3 is 0 Å². The molecule has 1 aromatic rings. The largest absolute Gasteiger partial charge is 0.373 e. The van der Waals surface area contributed by atoms with E-state index in [1.165, 1.54) is 36.8 Å². The Kier molecular flexibility index (Phi) is 3.67. The van der Waals surface area contributed by atoms with E-state index in [1.54, 1.807) is 0 Å². The molecule has 98 valence electrons. The van der Waals surface area contributed by atoms with Gasteiger partial charge in [0.2, 0.25) is 0 Å². The number of rotatable bonds is 3. The van der Waals surface area contributed by atoms with E-state index in [2.05, 4.69) is 24.3 Å². The lowest BCUT2D eigenvalue weighted by Gasteiger charge is -2.30. The standard InChI is InChI=1S/C16H23NO/c17-15(13-6-1-2-7-13)11-16-14-8-4-3-5-12(14)9-10-18-16/h3-5,8,13,15-16H,1-2,6-7,9-11,17H2. The summed E-state index contributed by atoms with van der Waals surface area (Å²) < 4.78 is 5.95. The van der Waals surface area contributed by atoms with Crippen molar-refractivity contribution in [1.82, 2.24) is 0 Å². The van der Waals surface area contributed by atoms with Crippen LogP contribution in [0.15, 0.2) is 24.3 Å². The molecule has 2 unspecified atom stereocenters. The van der Waals surface area contributed by atoms with E-state index in [1.807, 2.05) is 0 Å². The minimum atomic E-state index is 0.227. The Morgan fingerprint density at radius 2 is 2.00 bits per heavy atom. The zero-order valence-corrected chi connectivity index (χ0v) is 11.0. The van der Waals surface area contributed by atoms with Gasteiger partial charge < -0.3 is 10.5 Å². The Morgan fingerprint density at radius 3 is 2.83 bits per heavy atom. The quantitative estimate of drug-likeness (QED) is 0.887. The zero-order chi connectivity index (χ0) is 12.4. The molecule has 1 aliphatic heterocycles. The summed E-state index contributed by atoms with van der Waals surface area (Å²) in [4.78, 5) is 0. The summed E-state index contributed by atoms with van der Waals surface area (Å²) in [6.45, 7) is 0.846. The molecule has 1 aliphatic carbocycles. The maximum absolute atomic E-state index is 6.39. The Labute approximate surface area is 110 Å². The molecular formula is C16H23NO. The minimum Gasteiger partial charge on any atom is -0.373 e. The van der Waals surface area contributed by atoms with Crippen LogP contribution in [0.4, 0.5) is 0 Å². The second-order valence-corrected chi connectivity index (χ2v) is 5.75. The molecule has 0 spiro atoms. The van der Waals surface area contributed by atoms with E-state index >= 15 is 0 Å². The highest BCUT2D eigenvalue weighted by Crippen LogP contribution is 2.35. The number of nitrogens with two attached hydrogens (primary N) is 1. The van der Waals surface area contributed by atoms with Crippen molar-refractivity contribution < 1.29 is 4.74 Å². The van der Waals surface area contributed by atoms with Crippen molar-refractivity contribution in [2.45, 2.75) is 50.7 Å². The fourth-order valence-corrected chi connectivity index (χ4v) is 3.50. The molecule has 1 heterocycles. The molecule has 0 saturated heterocycles. The van der Waals surface area contributed by atoms with Crippen LogP contribution in [-0.4, -0.2) is 12.6 Å². The van der Waals surface area contributed by atoms with Gasteiger partial charge in [-0.25, -0.2) is 0 Å². The van der Waals surface area contributed by atoms with Gasteiger partial charge in [0.25, 0.3) is 0 Å². The van der Waals surface area contributed by atoms with Gasteiger partial charge in [-0.15, -0.1) is 0 Å². The minimum absolute atomic E-state index is 0.227. The number of hydrogen-bond donors (Lipinski definition) is 1. The van der Waals surface area contributed by atoms with Gasteiger partial charge in [0.1, 0.15) is 0 Å². The first kappa shape index (κ1) is 12.2. The lowest BCUT2D eigenvalue weighted by molar-refractivity contribution is 0.0281. The van der Waals surface area contributed by atoms with Crippen LogP contribution >= 0.6 is 0 Å². The van der Waals surface area contributed by atoms with Crippen molar-refractivity contribution in [3.8, 4) is 0 Å². The van der Waals surface area contributed by atoms with Crippen LogP contribution in [-0.2, 0) is 11.2 Å². The van der Waals surface area contributed by atoms with Crippen molar-refractivity contribution in [3.05, 3.63) is 35.4 Å². The van der Waals surface area contributed by atoms with Crippen molar-refractivity contribution in [2.24, 2.45) is 11.7 Å². The van der Waals surface area contributed by atoms with Crippen LogP contribution in [0.2, 0.25) is 0 Å². The van der Waals surface area contributed by atoms with Gasteiger partial charge in [0.05, 0.1) is 12.7 Å². The smallest absolute Gasteiger partial charge is 0.0842 e. The van der Waals surface area contributed by atoms with Crippen LogP contribution in [0, 0.1) is 5.92 Å². The number of hydrogen-bond acceptors (Lipinski definition) is 2. The molecule has 2 N–H and O–H groups in total. The molecule has 1 aromatic carbocycles. The Balaban J connectivity index is 1.70. The summed E-state index contributed by atoms with van der Waals surface area (Å²) >= 11 is 0. The molecule has 0 radical (unpaired) electrons. The van der Waals surface area contributed by atoms with Gasteiger partial charge in [-0.2, -0.15) is 0 Å². The number of benzene rings is 1. The Morgan fingerprint density at radius 1 is 1.22 bits per heavy atom. The summed E-state index contributed by atoms with van der Waals surface area (Å²) in [6.07, 6.45) is 7.62. The SMILES string of the molecule is NC(CC1OCCc2ccccc21)C1CCCC1. The fraction of sp³-hybridized carbons (Fsp3) is 0.625. The monoisotopic (exact) mass is 245 g/mol. The molecule has 1 fully saturated rings. The molecule has 1 saturated carbocycles. The van der Waals surface area contributed by atoms with E-state index in [0.29, 0.717) is 6.04 Å². The third-order valence-corrected chi connectivity index (χ3v) is 4.58. The normalized spacial score (nSPS) is 25.9. The van der Waals surface area contributed by atoms with Crippen LogP contribution in [0.1, 0.15) is 49.3 Å². The molecule has 0 bridgehead atoms. The predicted molar refractivity (Wildman–Crippen MR) is 73.4 cm³/mol. The maximum atomic E-state index is 6.39. The molecule has 2 atom stereocenters. The third-order valence-electron chi connectivity index (χ3n) is 4.58. The summed E-state index contributed by atoms with van der Waals surface area (Å²) in [5, 5.41) is 0. The molecule has 3 rings (SSSR count).